The first-order chi connectivity index (χ1) is 9.29. The summed E-state index contributed by atoms with van der Waals surface area (Å²) < 4.78 is 0. The van der Waals surface area contributed by atoms with Gasteiger partial charge in [-0.25, -0.2) is 0 Å². The minimum atomic E-state index is 0.109. The smallest absolute Gasteiger partial charge is 0.223 e. The number of nitrogens with two attached hydrogens (primary N) is 1. The second-order valence-corrected chi connectivity index (χ2v) is 5.80. The lowest BCUT2D eigenvalue weighted by Crippen LogP contribution is -2.38. The van der Waals surface area contributed by atoms with Crippen LogP contribution in [0.4, 0.5) is 0 Å². The van der Waals surface area contributed by atoms with E-state index in [0.717, 1.165) is 44.2 Å². The molecule has 1 aromatic heterocycles. The second-order valence-electron chi connectivity index (χ2n) is 5.80. The molecule has 2 aliphatic rings. The van der Waals surface area contributed by atoms with E-state index in [2.05, 4.69) is 15.5 Å². The van der Waals surface area contributed by atoms with Gasteiger partial charge in [0.2, 0.25) is 5.91 Å². The average Bonchev–Trinajstić information content (AvgIpc) is 3.07. The predicted molar refractivity (Wildman–Crippen MR) is 72.3 cm³/mol. The summed E-state index contributed by atoms with van der Waals surface area (Å²) in [7, 11) is 0. The van der Waals surface area contributed by atoms with Crippen LogP contribution in [-0.2, 0) is 11.2 Å². The number of rotatable bonds is 3. The Hall–Kier alpha value is -1.36. The van der Waals surface area contributed by atoms with Crippen LogP contribution >= 0.6 is 0 Å². The van der Waals surface area contributed by atoms with Gasteiger partial charge in [0.15, 0.2) is 0 Å². The maximum absolute atomic E-state index is 12.4. The summed E-state index contributed by atoms with van der Waals surface area (Å²) in [5, 5.41) is 10.3. The highest BCUT2D eigenvalue weighted by atomic mass is 16.2. The minimum Gasteiger partial charge on any atom is -0.347 e. The molecular formula is C14H22N4O. The second kappa shape index (κ2) is 5.33. The van der Waals surface area contributed by atoms with Crippen molar-refractivity contribution in [2.24, 2.45) is 17.6 Å². The Kier molecular flexibility index (Phi) is 3.55. The Balaban J connectivity index is 1.68. The molecule has 3 rings (SSSR count). The first-order valence-corrected chi connectivity index (χ1v) is 7.32. The molecule has 0 aromatic carbocycles. The molecule has 104 valence electrons. The maximum Gasteiger partial charge on any atom is 0.223 e. The van der Waals surface area contributed by atoms with Crippen LogP contribution in [0.15, 0.2) is 6.20 Å². The Morgan fingerprint density at radius 2 is 2.32 bits per heavy atom. The molecule has 0 saturated heterocycles. The number of aromatic nitrogens is 2. The van der Waals surface area contributed by atoms with Crippen LogP contribution in [0.1, 0.15) is 49.4 Å². The number of carbonyl (C=O) groups excluding carboxylic acids is 1. The molecule has 5 heteroatoms. The van der Waals surface area contributed by atoms with Crippen LogP contribution in [0, 0.1) is 11.8 Å². The van der Waals surface area contributed by atoms with Gasteiger partial charge in [-0.1, -0.05) is 6.42 Å². The van der Waals surface area contributed by atoms with Crippen molar-refractivity contribution in [2.75, 3.05) is 6.54 Å². The standard InChI is InChI=1S/C14H22N4O/c15-7-9-3-1-5-11(9)14(19)17-12-6-2-4-10-8-16-18-13(10)12/h8-9,11-12H,1-7,15H2,(H,16,18)(H,17,19)/t9-,11-,12?/m1/s1. The highest BCUT2D eigenvalue weighted by Crippen LogP contribution is 2.33. The molecule has 0 radical (unpaired) electrons. The largest absolute Gasteiger partial charge is 0.347 e. The molecule has 0 spiro atoms. The number of carbonyl (C=O) groups is 1. The van der Waals surface area contributed by atoms with Crippen molar-refractivity contribution >= 4 is 5.91 Å². The van der Waals surface area contributed by atoms with Gasteiger partial charge in [-0.2, -0.15) is 5.10 Å². The Labute approximate surface area is 113 Å². The number of H-pyrrole nitrogens is 1. The van der Waals surface area contributed by atoms with E-state index in [9.17, 15) is 4.79 Å². The molecule has 1 saturated carbocycles. The average molecular weight is 262 g/mol. The first-order valence-electron chi connectivity index (χ1n) is 7.32. The molecule has 19 heavy (non-hydrogen) atoms. The summed E-state index contributed by atoms with van der Waals surface area (Å²) in [5.74, 6) is 0.656. The number of hydrogen-bond donors (Lipinski definition) is 3. The molecular weight excluding hydrogens is 240 g/mol. The number of aryl methyl sites for hydroxylation is 1. The summed E-state index contributed by atoms with van der Waals surface area (Å²) in [6.45, 7) is 0.623. The minimum absolute atomic E-state index is 0.109. The Morgan fingerprint density at radius 1 is 1.42 bits per heavy atom. The van der Waals surface area contributed by atoms with Crippen molar-refractivity contribution in [3.63, 3.8) is 0 Å². The summed E-state index contributed by atoms with van der Waals surface area (Å²) in [5.41, 5.74) is 8.11. The summed E-state index contributed by atoms with van der Waals surface area (Å²) in [4.78, 5) is 12.4. The normalized spacial score (nSPS) is 30.1. The van der Waals surface area contributed by atoms with Gasteiger partial charge in [-0.3, -0.25) is 9.89 Å². The van der Waals surface area contributed by atoms with Gasteiger partial charge < -0.3 is 11.1 Å². The van der Waals surface area contributed by atoms with Gasteiger partial charge in [-0.15, -0.1) is 0 Å². The maximum atomic E-state index is 12.4. The summed E-state index contributed by atoms with van der Waals surface area (Å²) in [6.07, 6.45) is 8.26. The molecule has 1 aromatic rings. The predicted octanol–water partition coefficient (Wildman–Crippen LogP) is 1.28. The SMILES string of the molecule is NC[C@H]1CCC[C@H]1C(=O)NC1CCCc2cn[nH]c21. The molecule has 5 nitrogen and oxygen atoms in total. The Morgan fingerprint density at radius 3 is 3.16 bits per heavy atom. The number of hydrogen-bond acceptors (Lipinski definition) is 3. The van der Waals surface area contributed by atoms with E-state index in [-0.39, 0.29) is 17.9 Å². The molecule has 1 unspecified atom stereocenters. The first kappa shape index (κ1) is 12.7. The van der Waals surface area contributed by atoms with Crippen molar-refractivity contribution in [1.82, 2.24) is 15.5 Å². The number of amides is 1. The highest BCUT2D eigenvalue weighted by molar-refractivity contribution is 5.79. The van der Waals surface area contributed by atoms with Crippen LogP contribution in [-0.4, -0.2) is 22.6 Å². The van der Waals surface area contributed by atoms with E-state index in [1.54, 1.807) is 0 Å². The highest BCUT2D eigenvalue weighted by Gasteiger charge is 2.34. The van der Waals surface area contributed by atoms with Crippen LogP contribution in [0.5, 0.6) is 0 Å². The zero-order valence-corrected chi connectivity index (χ0v) is 11.2. The van der Waals surface area contributed by atoms with Gasteiger partial charge in [-0.05, 0) is 50.1 Å². The molecule has 2 aliphatic carbocycles. The fraction of sp³-hybridized carbons (Fsp3) is 0.714. The van der Waals surface area contributed by atoms with Crippen molar-refractivity contribution in [1.29, 1.82) is 0 Å². The van der Waals surface area contributed by atoms with Crippen LogP contribution in [0.3, 0.4) is 0 Å². The van der Waals surface area contributed by atoms with Crippen molar-refractivity contribution in [3.05, 3.63) is 17.5 Å². The fourth-order valence-electron chi connectivity index (χ4n) is 3.55. The van der Waals surface area contributed by atoms with Crippen LogP contribution in [0.2, 0.25) is 0 Å². The number of fused-ring (bicyclic) bond motifs is 1. The number of nitrogens with one attached hydrogen (secondary N) is 2. The fourth-order valence-corrected chi connectivity index (χ4v) is 3.55. The van der Waals surface area contributed by atoms with Crippen LogP contribution < -0.4 is 11.1 Å². The van der Waals surface area contributed by atoms with E-state index >= 15 is 0 Å². The van der Waals surface area contributed by atoms with E-state index in [0.29, 0.717) is 12.5 Å². The quantitative estimate of drug-likeness (QED) is 0.767. The molecule has 3 atom stereocenters. The van der Waals surface area contributed by atoms with E-state index in [1.165, 1.54) is 5.56 Å². The third-order valence-electron chi connectivity index (χ3n) is 4.65. The van der Waals surface area contributed by atoms with E-state index in [1.807, 2.05) is 6.20 Å². The monoisotopic (exact) mass is 262 g/mol. The lowest BCUT2D eigenvalue weighted by atomic mass is 9.91. The third kappa shape index (κ3) is 2.39. The van der Waals surface area contributed by atoms with Crippen LogP contribution in [0.25, 0.3) is 0 Å². The zero-order chi connectivity index (χ0) is 13.2. The van der Waals surface area contributed by atoms with Gasteiger partial charge in [0.1, 0.15) is 0 Å². The van der Waals surface area contributed by atoms with Crippen molar-refractivity contribution in [3.8, 4) is 0 Å². The van der Waals surface area contributed by atoms with Crippen molar-refractivity contribution in [2.45, 2.75) is 44.6 Å². The van der Waals surface area contributed by atoms with Gasteiger partial charge in [0, 0.05) is 5.92 Å². The van der Waals surface area contributed by atoms with Gasteiger partial charge in [0.25, 0.3) is 0 Å². The molecule has 1 amide bonds. The summed E-state index contributed by atoms with van der Waals surface area (Å²) in [6, 6.07) is 0.109. The van der Waals surface area contributed by atoms with Gasteiger partial charge in [0.05, 0.1) is 17.9 Å². The number of aromatic amines is 1. The van der Waals surface area contributed by atoms with Gasteiger partial charge >= 0.3 is 0 Å². The number of nitrogens with zero attached hydrogens (tertiary/aromatic N) is 1. The summed E-state index contributed by atoms with van der Waals surface area (Å²) >= 11 is 0. The molecule has 4 N–H and O–H groups in total. The van der Waals surface area contributed by atoms with E-state index < -0.39 is 0 Å². The lowest BCUT2D eigenvalue weighted by molar-refractivity contribution is -0.126. The zero-order valence-electron chi connectivity index (χ0n) is 11.2. The lowest BCUT2D eigenvalue weighted by Gasteiger charge is -2.26. The van der Waals surface area contributed by atoms with Crippen molar-refractivity contribution < 1.29 is 4.79 Å². The molecule has 0 aliphatic heterocycles. The third-order valence-corrected chi connectivity index (χ3v) is 4.65. The topological polar surface area (TPSA) is 83.8 Å². The molecule has 1 heterocycles. The molecule has 1 fully saturated rings. The molecule has 0 bridgehead atoms. The van der Waals surface area contributed by atoms with E-state index in [4.69, 9.17) is 5.73 Å². The Bertz CT molecular complexity index is 456.